The van der Waals surface area contributed by atoms with Gasteiger partial charge in [0.25, 0.3) is 5.91 Å². The number of benzene rings is 2. The summed E-state index contributed by atoms with van der Waals surface area (Å²) in [7, 11) is 1.67. The van der Waals surface area contributed by atoms with E-state index in [0.29, 0.717) is 18.9 Å². The molecule has 1 heterocycles. The number of amides is 1. The molecule has 1 fully saturated rings. The van der Waals surface area contributed by atoms with Crippen LogP contribution in [0.4, 0.5) is 0 Å². The largest absolute Gasteiger partial charge is 0.497 e. The van der Waals surface area contributed by atoms with Crippen molar-refractivity contribution in [1.82, 2.24) is 10.2 Å². The zero-order valence-corrected chi connectivity index (χ0v) is 17.9. The maximum absolute atomic E-state index is 12.4. The minimum atomic E-state index is -0.126. The molecule has 0 spiro atoms. The fourth-order valence-corrected chi connectivity index (χ4v) is 3.72. The van der Waals surface area contributed by atoms with E-state index in [0.717, 1.165) is 24.6 Å². The number of rotatable bonds is 10. The first-order chi connectivity index (χ1) is 14.7. The summed E-state index contributed by atoms with van der Waals surface area (Å²) < 4.78 is 16.3. The summed E-state index contributed by atoms with van der Waals surface area (Å²) >= 11 is 0. The second kappa shape index (κ2) is 11.5. The van der Waals surface area contributed by atoms with E-state index < -0.39 is 0 Å². The Kier molecular flexibility index (Phi) is 8.39. The van der Waals surface area contributed by atoms with Crippen LogP contribution in [0.2, 0.25) is 0 Å². The number of piperidine rings is 1. The molecule has 0 aromatic heterocycles. The number of carbonyl (C=O) groups excluding carboxylic acids is 1. The Morgan fingerprint density at radius 1 is 0.933 bits per heavy atom. The van der Waals surface area contributed by atoms with Crippen LogP contribution in [0.25, 0.3) is 0 Å². The van der Waals surface area contributed by atoms with Gasteiger partial charge in [-0.15, -0.1) is 0 Å². The summed E-state index contributed by atoms with van der Waals surface area (Å²) in [6, 6.07) is 15.6. The van der Waals surface area contributed by atoms with E-state index >= 15 is 0 Å². The minimum Gasteiger partial charge on any atom is -0.497 e. The lowest BCUT2D eigenvalue weighted by Gasteiger charge is -2.35. The fraction of sp³-hybridized carbons (Fsp3) is 0.458. The standard InChI is InChI=1S/C24H32N2O4/c1-3-29-21-11-13-22(14-12-21)30-18-24(27)25-17-23(26-15-5-4-6-16-26)19-7-9-20(28-2)10-8-19/h7-14,23H,3-6,15-18H2,1-2H3,(H,25,27). The third-order valence-electron chi connectivity index (χ3n) is 5.33. The van der Waals surface area contributed by atoms with Crippen LogP contribution in [0.5, 0.6) is 17.2 Å². The number of nitrogens with zero attached hydrogens (tertiary/aromatic N) is 1. The topological polar surface area (TPSA) is 60.0 Å². The van der Waals surface area contributed by atoms with E-state index in [-0.39, 0.29) is 18.6 Å². The molecule has 1 aliphatic heterocycles. The van der Waals surface area contributed by atoms with Gasteiger partial charge < -0.3 is 19.5 Å². The number of ether oxygens (including phenoxy) is 3. The van der Waals surface area contributed by atoms with Crippen molar-refractivity contribution >= 4 is 5.91 Å². The first kappa shape index (κ1) is 22.0. The molecule has 0 radical (unpaired) electrons. The molecule has 30 heavy (non-hydrogen) atoms. The van der Waals surface area contributed by atoms with Crippen LogP contribution in [0.1, 0.15) is 37.8 Å². The minimum absolute atomic E-state index is 0.0106. The molecular formula is C24H32N2O4. The Balaban J connectivity index is 1.55. The highest BCUT2D eigenvalue weighted by atomic mass is 16.5. The van der Waals surface area contributed by atoms with Gasteiger partial charge in [0.2, 0.25) is 0 Å². The quantitative estimate of drug-likeness (QED) is 0.643. The van der Waals surface area contributed by atoms with Gasteiger partial charge in [-0.05, 0) is 74.8 Å². The lowest BCUT2D eigenvalue weighted by Crippen LogP contribution is -2.41. The van der Waals surface area contributed by atoms with E-state index in [9.17, 15) is 4.79 Å². The van der Waals surface area contributed by atoms with Crippen molar-refractivity contribution in [2.24, 2.45) is 0 Å². The highest BCUT2D eigenvalue weighted by Gasteiger charge is 2.23. The Morgan fingerprint density at radius 3 is 2.13 bits per heavy atom. The van der Waals surface area contributed by atoms with Gasteiger partial charge in [0.1, 0.15) is 17.2 Å². The monoisotopic (exact) mass is 412 g/mol. The summed E-state index contributed by atoms with van der Waals surface area (Å²) in [4.78, 5) is 14.9. The molecule has 1 saturated heterocycles. The predicted molar refractivity (Wildman–Crippen MR) is 117 cm³/mol. The van der Waals surface area contributed by atoms with E-state index in [1.807, 2.05) is 43.3 Å². The summed E-state index contributed by atoms with van der Waals surface area (Å²) in [6.07, 6.45) is 3.66. The van der Waals surface area contributed by atoms with Crippen molar-refractivity contribution in [2.45, 2.75) is 32.2 Å². The predicted octanol–water partition coefficient (Wildman–Crippen LogP) is 3.82. The van der Waals surface area contributed by atoms with Crippen LogP contribution in [0, 0.1) is 0 Å². The van der Waals surface area contributed by atoms with E-state index in [1.54, 1.807) is 7.11 Å². The van der Waals surface area contributed by atoms with E-state index in [2.05, 4.69) is 22.3 Å². The lowest BCUT2D eigenvalue weighted by molar-refractivity contribution is -0.123. The third-order valence-corrected chi connectivity index (χ3v) is 5.33. The number of carbonyl (C=O) groups is 1. The normalized spacial score (nSPS) is 15.3. The number of likely N-dealkylation sites (tertiary alicyclic amines) is 1. The second-order valence-corrected chi connectivity index (χ2v) is 7.38. The zero-order valence-electron chi connectivity index (χ0n) is 17.9. The lowest BCUT2D eigenvalue weighted by atomic mass is 10.0. The molecule has 6 nitrogen and oxygen atoms in total. The molecule has 0 bridgehead atoms. The molecule has 1 atom stereocenters. The third kappa shape index (κ3) is 6.39. The first-order valence-electron chi connectivity index (χ1n) is 10.7. The molecule has 1 unspecified atom stereocenters. The number of hydrogen-bond acceptors (Lipinski definition) is 5. The van der Waals surface area contributed by atoms with Crippen LogP contribution >= 0.6 is 0 Å². The summed E-state index contributed by atoms with van der Waals surface area (Å²) in [6.45, 7) is 5.21. The molecule has 0 saturated carbocycles. The molecule has 0 aliphatic carbocycles. The van der Waals surface area contributed by atoms with E-state index in [4.69, 9.17) is 14.2 Å². The van der Waals surface area contributed by atoms with Crippen molar-refractivity contribution in [3.63, 3.8) is 0 Å². The molecule has 2 aromatic carbocycles. The number of nitrogens with one attached hydrogen (secondary N) is 1. The van der Waals surface area contributed by atoms with Gasteiger partial charge in [-0.2, -0.15) is 0 Å². The highest BCUT2D eigenvalue weighted by molar-refractivity contribution is 5.77. The molecule has 6 heteroatoms. The molecule has 1 amide bonds. The van der Waals surface area contributed by atoms with E-state index in [1.165, 1.54) is 24.8 Å². The van der Waals surface area contributed by atoms with Crippen molar-refractivity contribution in [3.05, 3.63) is 54.1 Å². The zero-order chi connectivity index (χ0) is 21.2. The van der Waals surface area contributed by atoms with Gasteiger partial charge in [0.15, 0.2) is 6.61 Å². The summed E-state index contributed by atoms with van der Waals surface area (Å²) in [5.74, 6) is 2.15. The number of hydrogen-bond donors (Lipinski definition) is 1. The molecule has 1 aliphatic rings. The van der Waals surface area contributed by atoms with Crippen molar-refractivity contribution in [3.8, 4) is 17.2 Å². The van der Waals surface area contributed by atoms with Crippen molar-refractivity contribution in [2.75, 3.05) is 40.0 Å². The average molecular weight is 413 g/mol. The Hall–Kier alpha value is -2.73. The van der Waals surface area contributed by atoms with Gasteiger partial charge in [-0.25, -0.2) is 0 Å². The Bertz CT molecular complexity index is 771. The van der Waals surface area contributed by atoms with Crippen LogP contribution in [-0.4, -0.2) is 50.8 Å². The first-order valence-corrected chi connectivity index (χ1v) is 10.7. The maximum Gasteiger partial charge on any atom is 0.258 e. The summed E-state index contributed by atoms with van der Waals surface area (Å²) in [5, 5.41) is 3.05. The molecule has 1 N–H and O–H groups in total. The molecule has 2 aromatic rings. The SMILES string of the molecule is CCOc1ccc(OCC(=O)NCC(c2ccc(OC)cc2)N2CCCCC2)cc1. The van der Waals surface area contributed by atoms with Gasteiger partial charge in [0, 0.05) is 6.54 Å². The van der Waals surface area contributed by atoms with Crippen LogP contribution < -0.4 is 19.5 Å². The van der Waals surface area contributed by atoms with Gasteiger partial charge in [-0.1, -0.05) is 18.6 Å². The van der Waals surface area contributed by atoms with Gasteiger partial charge in [-0.3, -0.25) is 9.69 Å². The van der Waals surface area contributed by atoms with Gasteiger partial charge >= 0.3 is 0 Å². The van der Waals surface area contributed by atoms with Gasteiger partial charge in [0.05, 0.1) is 19.8 Å². The second-order valence-electron chi connectivity index (χ2n) is 7.38. The van der Waals surface area contributed by atoms with Crippen LogP contribution in [0.3, 0.4) is 0 Å². The van der Waals surface area contributed by atoms with Crippen molar-refractivity contribution in [1.29, 1.82) is 0 Å². The Labute approximate surface area is 179 Å². The molecule has 3 rings (SSSR count). The van der Waals surface area contributed by atoms with Crippen LogP contribution in [-0.2, 0) is 4.79 Å². The average Bonchev–Trinajstić information content (AvgIpc) is 2.80. The van der Waals surface area contributed by atoms with Crippen molar-refractivity contribution < 1.29 is 19.0 Å². The van der Waals surface area contributed by atoms with Crippen LogP contribution in [0.15, 0.2) is 48.5 Å². The Morgan fingerprint density at radius 2 is 1.53 bits per heavy atom. The molecule has 162 valence electrons. The smallest absolute Gasteiger partial charge is 0.258 e. The number of methoxy groups -OCH3 is 1. The fourth-order valence-electron chi connectivity index (χ4n) is 3.72. The summed E-state index contributed by atoms with van der Waals surface area (Å²) in [5.41, 5.74) is 1.19. The highest BCUT2D eigenvalue weighted by Crippen LogP contribution is 2.26. The maximum atomic E-state index is 12.4. The molecular weight excluding hydrogens is 380 g/mol.